The van der Waals surface area contributed by atoms with Gasteiger partial charge in [0.1, 0.15) is 5.56 Å². The first kappa shape index (κ1) is 12.6. The Bertz CT molecular complexity index is 432. The molecule has 0 aliphatic carbocycles. The first-order valence-corrected chi connectivity index (χ1v) is 6.97. The zero-order valence-corrected chi connectivity index (χ0v) is 10.3. The number of benzene rings is 1. The van der Waals surface area contributed by atoms with Crippen molar-refractivity contribution >= 4 is 30.1 Å². The van der Waals surface area contributed by atoms with Crippen molar-refractivity contribution in [2.75, 3.05) is 0 Å². The van der Waals surface area contributed by atoms with E-state index >= 15 is 0 Å². The van der Waals surface area contributed by atoms with Gasteiger partial charge in [-0.15, -0.1) is 0 Å². The smallest absolute Gasteiger partial charge is 0.177 e. The van der Waals surface area contributed by atoms with Crippen LogP contribution in [0.5, 0.6) is 0 Å². The number of rotatable bonds is 0. The molecule has 0 N–H and O–H groups in total. The molecule has 1 rings (SSSR count). The topological polar surface area (TPSA) is 0 Å². The van der Waals surface area contributed by atoms with E-state index in [4.69, 9.17) is 0 Å². The fourth-order valence-electron chi connectivity index (χ4n) is 0.921. The molecule has 1 aromatic carbocycles. The highest BCUT2D eigenvalue weighted by Gasteiger charge is 2.21. The predicted molar refractivity (Wildman–Crippen MR) is 59.5 cm³/mol. The highest BCUT2D eigenvalue weighted by molar-refractivity contribution is 14.2. The molecule has 0 saturated carbocycles. The molecule has 0 aliphatic rings. The summed E-state index contributed by atoms with van der Waals surface area (Å²) in [5.74, 6) is -3.71. The van der Waals surface area contributed by atoms with Gasteiger partial charge in [-0.25, -0.2) is 17.6 Å². The Morgan fingerprint density at radius 3 is 1.87 bits per heavy atom. The lowest BCUT2D eigenvalue weighted by molar-refractivity contribution is 0.442. The van der Waals surface area contributed by atoms with E-state index in [-0.39, 0.29) is 0 Å². The molecule has 0 nitrogen and oxygen atoms in total. The van der Waals surface area contributed by atoms with E-state index in [9.17, 15) is 17.6 Å². The number of halogens is 5. The summed E-state index contributed by atoms with van der Waals surface area (Å²) in [4.78, 5) is 0. The quantitative estimate of drug-likeness (QED) is 0.297. The molecule has 0 aromatic heterocycles. The zero-order chi connectivity index (χ0) is 11.6. The molecule has 80 valence electrons. The predicted octanol–water partition coefficient (Wildman–Crippen LogP) is 3.94. The SMILES string of the molecule is Cc1c(F)c(F)c(C#CSI)c(F)c1F. The summed E-state index contributed by atoms with van der Waals surface area (Å²) in [6, 6.07) is 0. The zero-order valence-electron chi connectivity index (χ0n) is 7.30. The van der Waals surface area contributed by atoms with E-state index < -0.39 is 34.4 Å². The van der Waals surface area contributed by atoms with E-state index in [1.165, 1.54) is 0 Å². The summed E-state index contributed by atoms with van der Waals surface area (Å²) in [5, 5.41) is 2.26. The molecule has 6 heteroatoms. The van der Waals surface area contributed by atoms with E-state index in [1.807, 2.05) is 5.92 Å². The first-order valence-electron chi connectivity index (χ1n) is 3.61. The average molecular weight is 346 g/mol. The van der Waals surface area contributed by atoms with Gasteiger partial charge in [-0.3, -0.25) is 0 Å². The van der Waals surface area contributed by atoms with Gasteiger partial charge in [-0.1, -0.05) is 0 Å². The summed E-state index contributed by atoms with van der Waals surface area (Å²) in [6.07, 6.45) is 0. The normalized spacial score (nSPS) is 9.73. The van der Waals surface area contributed by atoms with Crippen LogP contribution in [0.15, 0.2) is 0 Å². The standard InChI is InChI=1S/C9H3F4IS/c1-4-6(10)8(12)5(2-3-15-14)9(13)7(4)11/h1H3. The monoisotopic (exact) mass is 346 g/mol. The number of hydrogen-bond donors (Lipinski definition) is 0. The largest absolute Gasteiger partial charge is 0.203 e. The van der Waals surface area contributed by atoms with Crippen LogP contribution in [0.2, 0.25) is 0 Å². The third-order valence-corrected chi connectivity index (χ3v) is 2.54. The maximum absolute atomic E-state index is 13.1. The molecule has 15 heavy (non-hydrogen) atoms. The molecule has 0 bridgehead atoms. The minimum absolute atomic E-state index is 0.683. The van der Waals surface area contributed by atoms with E-state index in [2.05, 4.69) is 5.25 Å². The summed E-state index contributed by atoms with van der Waals surface area (Å²) < 4.78 is 52.3. The van der Waals surface area contributed by atoms with Gasteiger partial charge >= 0.3 is 0 Å². The third-order valence-electron chi connectivity index (χ3n) is 1.70. The van der Waals surface area contributed by atoms with Gasteiger partial charge in [0.05, 0.1) is 0 Å². The molecule has 0 fully saturated rings. The fraction of sp³-hybridized carbons (Fsp3) is 0.111. The Balaban J connectivity index is 3.52. The van der Waals surface area contributed by atoms with E-state index in [0.29, 0.717) is 0 Å². The van der Waals surface area contributed by atoms with Crippen LogP contribution in [0.3, 0.4) is 0 Å². The van der Waals surface area contributed by atoms with Crippen molar-refractivity contribution in [3.8, 4) is 11.2 Å². The van der Waals surface area contributed by atoms with Crippen LogP contribution >= 0.6 is 30.1 Å². The molecule has 0 saturated heterocycles. The van der Waals surface area contributed by atoms with Crippen molar-refractivity contribution in [2.45, 2.75) is 6.92 Å². The van der Waals surface area contributed by atoms with Crippen molar-refractivity contribution in [1.29, 1.82) is 0 Å². The fourth-order valence-corrected chi connectivity index (χ4v) is 1.39. The molecule has 0 unspecified atom stereocenters. The van der Waals surface area contributed by atoms with Gasteiger partial charge in [0, 0.05) is 26.8 Å². The molecule has 0 atom stereocenters. The van der Waals surface area contributed by atoms with Crippen molar-refractivity contribution in [3.05, 3.63) is 34.4 Å². The molecule has 0 radical (unpaired) electrons. The second kappa shape index (κ2) is 5.07. The van der Waals surface area contributed by atoms with Crippen LogP contribution in [0.1, 0.15) is 11.1 Å². The van der Waals surface area contributed by atoms with Crippen molar-refractivity contribution in [1.82, 2.24) is 0 Å². The Kier molecular flexibility index (Phi) is 4.28. The van der Waals surface area contributed by atoms with Crippen LogP contribution in [0, 0.1) is 41.4 Å². The van der Waals surface area contributed by atoms with E-state index in [1.54, 1.807) is 21.2 Å². The highest BCUT2D eigenvalue weighted by atomic mass is 127. The van der Waals surface area contributed by atoms with Gasteiger partial charge < -0.3 is 0 Å². The summed E-state index contributed by atoms with van der Waals surface area (Å²) in [7, 11) is 0.960. The minimum atomic E-state index is -1.45. The lowest BCUT2D eigenvalue weighted by Crippen LogP contribution is -2.03. The Morgan fingerprint density at radius 2 is 1.47 bits per heavy atom. The van der Waals surface area contributed by atoms with Crippen LogP contribution in [0.4, 0.5) is 17.6 Å². The van der Waals surface area contributed by atoms with Crippen molar-refractivity contribution < 1.29 is 17.6 Å². The van der Waals surface area contributed by atoms with Gasteiger partial charge in [0.25, 0.3) is 0 Å². The second-order valence-electron chi connectivity index (χ2n) is 2.56. The molecular weight excluding hydrogens is 343 g/mol. The van der Waals surface area contributed by atoms with Gasteiger partial charge in [-0.2, -0.15) is 0 Å². The number of hydrogen-bond acceptors (Lipinski definition) is 1. The lowest BCUT2D eigenvalue weighted by Gasteiger charge is -2.04. The Hall–Kier alpha value is -0.420. The van der Waals surface area contributed by atoms with Crippen LogP contribution in [-0.2, 0) is 0 Å². The molecule has 0 spiro atoms. The van der Waals surface area contributed by atoms with E-state index in [0.717, 1.165) is 15.9 Å². The molecule has 0 aliphatic heterocycles. The maximum atomic E-state index is 13.1. The van der Waals surface area contributed by atoms with Gasteiger partial charge in [0.2, 0.25) is 0 Å². The third kappa shape index (κ3) is 2.39. The van der Waals surface area contributed by atoms with Crippen molar-refractivity contribution in [3.63, 3.8) is 0 Å². The Morgan fingerprint density at radius 1 is 1.00 bits per heavy atom. The van der Waals surface area contributed by atoms with Crippen LogP contribution in [0.25, 0.3) is 0 Å². The lowest BCUT2D eigenvalue weighted by atomic mass is 10.1. The second-order valence-corrected chi connectivity index (χ2v) is 4.24. The highest BCUT2D eigenvalue weighted by Crippen LogP contribution is 2.23. The molecule has 0 amide bonds. The first-order chi connectivity index (χ1) is 7.00. The molecular formula is C9H3F4IS. The van der Waals surface area contributed by atoms with Gasteiger partial charge in [0.15, 0.2) is 23.3 Å². The summed E-state index contributed by atoms with van der Waals surface area (Å²) >= 11 is 1.77. The Labute approximate surface area is 100 Å². The minimum Gasteiger partial charge on any atom is -0.203 e. The summed E-state index contributed by atoms with van der Waals surface area (Å²) in [6.45, 7) is 0.959. The maximum Gasteiger partial charge on any atom is 0.177 e. The van der Waals surface area contributed by atoms with Crippen LogP contribution < -0.4 is 0 Å². The molecule has 0 heterocycles. The van der Waals surface area contributed by atoms with Crippen molar-refractivity contribution in [2.24, 2.45) is 0 Å². The average Bonchev–Trinajstić information content (AvgIpc) is 2.24. The van der Waals surface area contributed by atoms with Crippen LogP contribution in [-0.4, -0.2) is 0 Å². The van der Waals surface area contributed by atoms with Gasteiger partial charge in [-0.05, 0) is 27.0 Å². The molecule has 1 aromatic rings. The summed E-state index contributed by atoms with van der Waals surface area (Å²) in [5.41, 5.74) is -1.56.